The van der Waals surface area contributed by atoms with Crippen LogP contribution in [0.1, 0.15) is 23.6 Å². The SMILES string of the molecule is CC(Cc1cccc(C(F)(F)F)c1)NCCO.O=C(O)Cc1ccc(Cl)cc1. The van der Waals surface area contributed by atoms with Crippen LogP contribution in [0.3, 0.4) is 0 Å². The third-order valence-corrected chi connectivity index (χ3v) is 3.92. The molecule has 0 fully saturated rings. The highest BCUT2D eigenvalue weighted by atomic mass is 35.5. The van der Waals surface area contributed by atoms with Crippen LogP contribution in [-0.2, 0) is 23.8 Å². The van der Waals surface area contributed by atoms with E-state index < -0.39 is 17.7 Å². The Morgan fingerprint density at radius 1 is 1.14 bits per heavy atom. The van der Waals surface area contributed by atoms with Crippen LogP contribution in [0.4, 0.5) is 13.2 Å². The van der Waals surface area contributed by atoms with Crippen molar-refractivity contribution in [2.75, 3.05) is 13.2 Å². The molecule has 2 rings (SSSR count). The highest BCUT2D eigenvalue weighted by molar-refractivity contribution is 6.30. The van der Waals surface area contributed by atoms with Gasteiger partial charge in [0.15, 0.2) is 0 Å². The summed E-state index contributed by atoms with van der Waals surface area (Å²) in [5.74, 6) is -0.827. The van der Waals surface area contributed by atoms with Gasteiger partial charge in [0.1, 0.15) is 0 Å². The van der Waals surface area contributed by atoms with Gasteiger partial charge < -0.3 is 15.5 Å². The van der Waals surface area contributed by atoms with Gasteiger partial charge in [-0.05, 0) is 42.7 Å². The molecule has 2 aromatic carbocycles. The Kier molecular flexibility index (Phi) is 9.99. The van der Waals surface area contributed by atoms with E-state index in [-0.39, 0.29) is 19.1 Å². The summed E-state index contributed by atoms with van der Waals surface area (Å²) in [6, 6.07) is 12.1. The molecule has 4 nitrogen and oxygen atoms in total. The molecule has 0 saturated heterocycles. The second-order valence-electron chi connectivity index (χ2n) is 6.18. The van der Waals surface area contributed by atoms with Crippen LogP contribution in [0.2, 0.25) is 5.02 Å². The van der Waals surface area contributed by atoms with Crippen LogP contribution in [-0.4, -0.2) is 35.4 Å². The van der Waals surface area contributed by atoms with Crippen molar-refractivity contribution in [3.8, 4) is 0 Å². The number of carboxylic acids is 1. The fraction of sp³-hybridized carbons (Fsp3) is 0.350. The molecule has 0 aliphatic heterocycles. The number of nitrogens with one attached hydrogen (secondary N) is 1. The third-order valence-electron chi connectivity index (χ3n) is 3.67. The van der Waals surface area contributed by atoms with Gasteiger partial charge in [-0.15, -0.1) is 0 Å². The third kappa shape index (κ3) is 9.73. The number of rotatable bonds is 7. The lowest BCUT2D eigenvalue weighted by Gasteiger charge is -2.14. The summed E-state index contributed by atoms with van der Waals surface area (Å²) in [6.07, 6.45) is -3.74. The lowest BCUT2D eigenvalue weighted by Crippen LogP contribution is -2.30. The zero-order valence-electron chi connectivity index (χ0n) is 15.3. The molecule has 154 valence electrons. The topological polar surface area (TPSA) is 69.6 Å². The quantitative estimate of drug-likeness (QED) is 0.632. The van der Waals surface area contributed by atoms with Crippen LogP contribution in [0.15, 0.2) is 48.5 Å². The van der Waals surface area contributed by atoms with Gasteiger partial charge in [0.25, 0.3) is 0 Å². The molecule has 0 bridgehead atoms. The molecule has 0 heterocycles. The number of carboxylic acid groups (broad SMARTS) is 1. The Bertz CT molecular complexity index is 736. The fourth-order valence-electron chi connectivity index (χ4n) is 2.39. The van der Waals surface area contributed by atoms with Crippen LogP contribution in [0, 0.1) is 0 Å². The van der Waals surface area contributed by atoms with E-state index in [4.69, 9.17) is 21.8 Å². The first-order valence-corrected chi connectivity index (χ1v) is 8.96. The number of benzene rings is 2. The number of hydrogen-bond acceptors (Lipinski definition) is 3. The first kappa shape index (κ1) is 23.9. The van der Waals surface area contributed by atoms with Crippen molar-refractivity contribution in [1.82, 2.24) is 5.32 Å². The average Bonchev–Trinajstić information content (AvgIpc) is 2.62. The van der Waals surface area contributed by atoms with Crippen LogP contribution < -0.4 is 5.32 Å². The minimum absolute atomic E-state index is 0.0208. The second kappa shape index (κ2) is 11.7. The summed E-state index contributed by atoms with van der Waals surface area (Å²) in [5.41, 5.74) is 0.782. The molecule has 0 radical (unpaired) electrons. The van der Waals surface area contributed by atoms with Crippen LogP contribution in [0.25, 0.3) is 0 Å². The largest absolute Gasteiger partial charge is 0.481 e. The number of alkyl halides is 3. The maximum absolute atomic E-state index is 12.5. The van der Waals surface area contributed by atoms with E-state index in [0.29, 0.717) is 23.6 Å². The van der Waals surface area contributed by atoms with E-state index in [9.17, 15) is 18.0 Å². The molecule has 1 atom stereocenters. The minimum Gasteiger partial charge on any atom is -0.481 e. The number of hydrogen-bond donors (Lipinski definition) is 3. The molecule has 0 aromatic heterocycles. The van der Waals surface area contributed by atoms with Crippen molar-refractivity contribution in [3.05, 3.63) is 70.2 Å². The molecule has 3 N–H and O–H groups in total. The van der Waals surface area contributed by atoms with Gasteiger partial charge in [-0.1, -0.05) is 41.9 Å². The Balaban J connectivity index is 0.000000307. The number of halogens is 4. The summed E-state index contributed by atoms with van der Waals surface area (Å²) < 4.78 is 37.4. The molecule has 28 heavy (non-hydrogen) atoms. The number of aliphatic carboxylic acids is 1. The van der Waals surface area contributed by atoms with Crippen molar-refractivity contribution >= 4 is 17.6 Å². The Hall–Kier alpha value is -2.09. The highest BCUT2D eigenvalue weighted by Crippen LogP contribution is 2.29. The van der Waals surface area contributed by atoms with E-state index in [2.05, 4.69) is 5.32 Å². The zero-order chi connectivity index (χ0) is 21.2. The summed E-state index contributed by atoms with van der Waals surface area (Å²) in [5, 5.41) is 20.7. The van der Waals surface area contributed by atoms with Crippen molar-refractivity contribution in [3.63, 3.8) is 0 Å². The Morgan fingerprint density at radius 3 is 2.32 bits per heavy atom. The van der Waals surface area contributed by atoms with Crippen molar-refractivity contribution in [1.29, 1.82) is 0 Å². The van der Waals surface area contributed by atoms with Gasteiger partial charge in [0.05, 0.1) is 18.6 Å². The normalized spacial score (nSPS) is 12.1. The van der Waals surface area contributed by atoms with Gasteiger partial charge in [0, 0.05) is 17.6 Å². The molecule has 2 aromatic rings. The van der Waals surface area contributed by atoms with Crippen molar-refractivity contribution in [2.45, 2.75) is 32.0 Å². The molecule has 0 aliphatic carbocycles. The Labute approximate surface area is 167 Å². The van der Waals surface area contributed by atoms with E-state index in [0.717, 1.165) is 17.7 Å². The summed E-state index contributed by atoms with van der Waals surface area (Å²) in [7, 11) is 0. The van der Waals surface area contributed by atoms with Crippen molar-refractivity contribution in [2.24, 2.45) is 0 Å². The average molecular weight is 418 g/mol. The van der Waals surface area contributed by atoms with Gasteiger partial charge in [0.2, 0.25) is 0 Å². The molecular weight excluding hydrogens is 395 g/mol. The molecular formula is C20H23ClF3NO3. The van der Waals surface area contributed by atoms with E-state index >= 15 is 0 Å². The first-order chi connectivity index (χ1) is 13.1. The highest BCUT2D eigenvalue weighted by Gasteiger charge is 2.30. The van der Waals surface area contributed by atoms with Gasteiger partial charge in [-0.25, -0.2) is 0 Å². The number of aliphatic hydroxyl groups excluding tert-OH is 1. The van der Waals surface area contributed by atoms with Gasteiger partial charge in [-0.2, -0.15) is 13.2 Å². The summed E-state index contributed by atoms with van der Waals surface area (Å²) in [6.45, 7) is 2.34. The second-order valence-corrected chi connectivity index (χ2v) is 6.61. The van der Waals surface area contributed by atoms with Gasteiger partial charge in [-0.3, -0.25) is 4.79 Å². The number of aliphatic hydroxyl groups is 1. The molecule has 8 heteroatoms. The van der Waals surface area contributed by atoms with Crippen LogP contribution >= 0.6 is 11.6 Å². The summed E-state index contributed by atoms with van der Waals surface area (Å²) in [4.78, 5) is 10.2. The predicted molar refractivity (Wildman–Crippen MR) is 102 cm³/mol. The van der Waals surface area contributed by atoms with E-state index in [1.54, 1.807) is 30.3 Å². The lowest BCUT2D eigenvalue weighted by molar-refractivity contribution is -0.138. The molecule has 1 unspecified atom stereocenters. The maximum Gasteiger partial charge on any atom is 0.416 e. The smallest absolute Gasteiger partial charge is 0.416 e. The minimum atomic E-state index is -4.29. The first-order valence-electron chi connectivity index (χ1n) is 8.58. The Morgan fingerprint density at radius 2 is 1.79 bits per heavy atom. The predicted octanol–water partition coefficient (Wildman–Crippen LogP) is 4.19. The van der Waals surface area contributed by atoms with Crippen LogP contribution in [0.5, 0.6) is 0 Å². The molecule has 0 amide bonds. The number of carbonyl (C=O) groups is 1. The van der Waals surface area contributed by atoms with E-state index in [1.165, 1.54) is 6.07 Å². The van der Waals surface area contributed by atoms with E-state index in [1.807, 2.05) is 6.92 Å². The van der Waals surface area contributed by atoms with Crippen molar-refractivity contribution < 1.29 is 28.2 Å². The maximum atomic E-state index is 12.5. The fourth-order valence-corrected chi connectivity index (χ4v) is 2.51. The van der Waals surface area contributed by atoms with Gasteiger partial charge >= 0.3 is 12.1 Å². The summed E-state index contributed by atoms with van der Waals surface area (Å²) >= 11 is 5.60. The zero-order valence-corrected chi connectivity index (χ0v) is 16.1. The monoisotopic (exact) mass is 417 g/mol. The lowest BCUT2D eigenvalue weighted by atomic mass is 10.0. The molecule has 0 spiro atoms. The molecule has 0 saturated carbocycles. The standard InChI is InChI=1S/C12H16F3NO.C8H7ClO2/c1-9(16-5-6-17)7-10-3-2-4-11(8-10)12(13,14)15;9-7-3-1-6(2-4-7)5-8(10)11/h2-4,8-9,16-17H,5-7H2,1H3;1-4H,5H2,(H,10,11). The molecule has 0 aliphatic rings.